The Labute approximate surface area is 249 Å². The molecule has 4 rings (SSSR count). The van der Waals surface area contributed by atoms with E-state index in [2.05, 4.69) is 29.8 Å². The molecule has 1 saturated heterocycles. The van der Waals surface area contributed by atoms with Crippen molar-refractivity contribution in [2.24, 2.45) is 28.6 Å². The van der Waals surface area contributed by atoms with Gasteiger partial charge in [-0.3, -0.25) is 19.2 Å². The molecule has 3 N–H and O–H groups in total. The first-order chi connectivity index (χ1) is 19.2. The van der Waals surface area contributed by atoms with Crippen LogP contribution in [0.1, 0.15) is 94.9 Å². The van der Waals surface area contributed by atoms with Gasteiger partial charge in [-0.05, 0) is 75.0 Å². The largest absolute Gasteiger partial charge is 0.450 e. The highest BCUT2D eigenvalue weighted by molar-refractivity contribution is 5.94. The molecule has 0 spiro atoms. The minimum Gasteiger partial charge on any atom is -0.450 e. The van der Waals surface area contributed by atoms with Gasteiger partial charge in [0.15, 0.2) is 0 Å². The van der Waals surface area contributed by atoms with Gasteiger partial charge in [0, 0.05) is 19.5 Å². The first-order valence-electron chi connectivity index (χ1n) is 15.3. The Balaban J connectivity index is 1.60. The zero-order valence-electron chi connectivity index (χ0n) is 26.9. The van der Waals surface area contributed by atoms with Crippen LogP contribution in [0.4, 0.5) is 4.79 Å². The molecule has 236 valence electrons. The summed E-state index contributed by atoms with van der Waals surface area (Å²) in [6.07, 6.45) is 0.820. The first-order valence-corrected chi connectivity index (χ1v) is 15.3. The van der Waals surface area contributed by atoms with Crippen molar-refractivity contribution in [2.75, 3.05) is 6.54 Å². The predicted molar refractivity (Wildman–Crippen MR) is 155 cm³/mol. The van der Waals surface area contributed by atoms with E-state index in [1.165, 1.54) is 6.92 Å². The summed E-state index contributed by atoms with van der Waals surface area (Å²) < 4.78 is 11.0. The lowest BCUT2D eigenvalue weighted by atomic mass is 9.65. The van der Waals surface area contributed by atoms with Crippen molar-refractivity contribution in [1.82, 2.24) is 20.9 Å². The minimum atomic E-state index is -1.17. The molecule has 0 aromatic heterocycles. The summed E-state index contributed by atoms with van der Waals surface area (Å²) in [7, 11) is 0. The number of rotatable bonds is 8. The molecule has 11 nitrogen and oxygen atoms in total. The number of piperidine rings is 1. The molecule has 11 heteroatoms. The van der Waals surface area contributed by atoms with Crippen LogP contribution in [-0.4, -0.2) is 76.6 Å². The maximum absolute atomic E-state index is 14.2. The number of hydrogen-bond donors (Lipinski definition) is 3. The van der Waals surface area contributed by atoms with E-state index in [0.29, 0.717) is 19.4 Å². The second-order valence-corrected chi connectivity index (χ2v) is 15.8. The average Bonchev–Trinajstić information content (AvgIpc) is 3.64. The number of likely N-dealkylation sites (tertiary alicyclic amines) is 1. The highest BCUT2D eigenvalue weighted by Gasteiger charge is 2.70. The standard InChI is InChI=1S/C31H50N4O7/c1-16-13-31(14-16,23(41-17(2)36)25(38)32-18-11-12-18)34-24(37)21-20-19(30(20,9)10)15-35(21)26(39)22(28(3,4)5)33-27(40)42-29(6,7)8/h16,18-23H,11-15H2,1-10H3,(H,32,38)(H,33,40)(H,34,37). The number of carbonyl (C=O) groups is 5. The molecular weight excluding hydrogens is 540 g/mol. The maximum atomic E-state index is 14.2. The van der Waals surface area contributed by atoms with Crippen molar-refractivity contribution in [1.29, 1.82) is 0 Å². The van der Waals surface area contributed by atoms with E-state index in [0.717, 1.165) is 12.8 Å². The number of nitrogens with zero attached hydrogens (tertiary/aromatic N) is 1. The number of esters is 1. The summed E-state index contributed by atoms with van der Waals surface area (Å²) in [6.45, 7) is 18.7. The van der Waals surface area contributed by atoms with Crippen LogP contribution in [0.5, 0.6) is 0 Å². The van der Waals surface area contributed by atoms with Crippen LogP contribution in [0.25, 0.3) is 0 Å². The van der Waals surface area contributed by atoms with E-state index in [4.69, 9.17) is 9.47 Å². The SMILES string of the molecule is CC(=O)OC(C(=O)NC1CC1)C1(NC(=O)C2C3C(CN2C(=O)C(NC(=O)OC(C)(C)C)C(C)(C)C)C3(C)C)CC(C)C1. The third-order valence-corrected chi connectivity index (χ3v) is 9.28. The number of alkyl carbamates (subject to hydrolysis) is 1. The van der Waals surface area contributed by atoms with Crippen molar-refractivity contribution in [3.05, 3.63) is 0 Å². The van der Waals surface area contributed by atoms with Gasteiger partial charge in [0.25, 0.3) is 5.91 Å². The van der Waals surface area contributed by atoms with Gasteiger partial charge in [-0.25, -0.2) is 4.79 Å². The van der Waals surface area contributed by atoms with Crippen molar-refractivity contribution < 1.29 is 33.4 Å². The summed E-state index contributed by atoms with van der Waals surface area (Å²) in [4.78, 5) is 68.1. The fourth-order valence-electron chi connectivity index (χ4n) is 7.03. The molecule has 3 saturated carbocycles. The van der Waals surface area contributed by atoms with E-state index in [1.807, 2.05) is 27.7 Å². The molecule has 0 aromatic rings. The molecule has 5 atom stereocenters. The molecular formula is C31H50N4O7. The Bertz CT molecular complexity index is 1130. The average molecular weight is 591 g/mol. The monoisotopic (exact) mass is 590 g/mol. The topological polar surface area (TPSA) is 143 Å². The third kappa shape index (κ3) is 6.54. The molecule has 42 heavy (non-hydrogen) atoms. The van der Waals surface area contributed by atoms with E-state index in [1.54, 1.807) is 25.7 Å². The number of hydrogen-bond acceptors (Lipinski definition) is 7. The summed E-state index contributed by atoms with van der Waals surface area (Å²) in [5.74, 6) is -1.46. The zero-order valence-corrected chi connectivity index (χ0v) is 26.9. The molecule has 4 fully saturated rings. The van der Waals surface area contributed by atoms with Gasteiger partial charge in [0.05, 0.1) is 5.54 Å². The fourth-order valence-corrected chi connectivity index (χ4v) is 7.03. The number of nitrogens with one attached hydrogen (secondary N) is 3. The minimum absolute atomic E-state index is 0.0589. The van der Waals surface area contributed by atoms with Crippen LogP contribution in [0.2, 0.25) is 0 Å². The first kappa shape index (κ1) is 32.1. The van der Waals surface area contributed by atoms with Gasteiger partial charge in [0.2, 0.25) is 17.9 Å². The molecule has 1 heterocycles. The van der Waals surface area contributed by atoms with Gasteiger partial charge < -0.3 is 30.3 Å². The van der Waals surface area contributed by atoms with E-state index >= 15 is 0 Å². The zero-order chi connectivity index (χ0) is 31.6. The molecule has 1 aliphatic heterocycles. The van der Waals surface area contributed by atoms with Crippen LogP contribution in [0.3, 0.4) is 0 Å². The predicted octanol–water partition coefficient (Wildman–Crippen LogP) is 2.90. The Morgan fingerprint density at radius 2 is 1.57 bits per heavy atom. The molecule has 3 aliphatic carbocycles. The van der Waals surface area contributed by atoms with E-state index < -0.39 is 52.7 Å². The van der Waals surface area contributed by atoms with E-state index in [-0.39, 0.29) is 41.0 Å². The fraction of sp³-hybridized carbons (Fsp3) is 0.839. The second kappa shape index (κ2) is 10.7. The van der Waals surface area contributed by atoms with Gasteiger partial charge in [0.1, 0.15) is 17.7 Å². The Kier molecular flexibility index (Phi) is 8.17. The van der Waals surface area contributed by atoms with Crippen LogP contribution < -0.4 is 16.0 Å². The Morgan fingerprint density at radius 1 is 0.976 bits per heavy atom. The van der Waals surface area contributed by atoms with Crippen LogP contribution in [-0.2, 0) is 28.7 Å². The normalized spacial score (nSPS) is 31.0. The number of amides is 4. The Morgan fingerprint density at radius 3 is 2.05 bits per heavy atom. The van der Waals surface area contributed by atoms with Crippen LogP contribution in [0.15, 0.2) is 0 Å². The number of ether oxygens (including phenoxy) is 2. The molecule has 4 amide bonds. The van der Waals surface area contributed by atoms with Crippen LogP contribution >= 0.6 is 0 Å². The van der Waals surface area contributed by atoms with Crippen molar-refractivity contribution >= 4 is 29.8 Å². The highest BCUT2D eigenvalue weighted by atomic mass is 16.6. The van der Waals surface area contributed by atoms with Crippen molar-refractivity contribution in [3.8, 4) is 0 Å². The van der Waals surface area contributed by atoms with Gasteiger partial charge in [-0.2, -0.15) is 0 Å². The highest BCUT2D eigenvalue weighted by Crippen LogP contribution is 2.65. The molecule has 4 aliphatic rings. The summed E-state index contributed by atoms with van der Waals surface area (Å²) in [5.41, 5.74) is -2.61. The Hall–Kier alpha value is -2.85. The van der Waals surface area contributed by atoms with Crippen molar-refractivity contribution in [2.45, 2.75) is 130 Å². The molecule has 5 unspecified atom stereocenters. The summed E-state index contributed by atoms with van der Waals surface area (Å²) in [5, 5.41) is 8.82. The quantitative estimate of drug-likeness (QED) is 0.369. The van der Waals surface area contributed by atoms with Crippen molar-refractivity contribution in [3.63, 3.8) is 0 Å². The van der Waals surface area contributed by atoms with Gasteiger partial charge in [-0.1, -0.05) is 41.5 Å². The third-order valence-electron chi connectivity index (χ3n) is 9.28. The lowest BCUT2D eigenvalue weighted by Gasteiger charge is -2.50. The number of fused-ring (bicyclic) bond motifs is 1. The molecule has 0 bridgehead atoms. The lowest BCUT2D eigenvalue weighted by Crippen LogP contribution is -2.70. The second-order valence-electron chi connectivity index (χ2n) is 15.8. The van der Waals surface area contributed by atoms with Gasteiger partial charge in [-0.15, -0.1) is 0 Å². The summed E-state index contributed by atoms with van der Waals surface area (Å²) >= 11 is 0. The summed E-state index contributed by atoms with van der Waals surface area (Å²) in [6, 6.07) is -1.66. The maximum Gasteiger partial charge on any atom is 0.408 e. The lowest BCUT2D eigenvalue weighted by molar-refractivity contribution is -0.167. The molecule has 0 aromatic carbocycles. The number of carbonyl (C=O) groups excluding carboxylic acids is 5. The molecule has 0 radical (unpaired) electrons. The van der Waals surface area contributed by atoms with Gasteiger partial charge >= 0.3 is 12.1 Å². The smallest absolute Gasteiger partial charge is 0.408 e. The van der Waals surface area contributed by atoms with Crippen LogP contribution in [0, 0.1) is 28.6 Å². The van der Waals surface area contributed by atoms with E-state index in [9.17, 15) is 24.0 Å².